The number of carbonyl (C=O) groups excluding carboxylic acids is 1. The van der Waals surface area contributed by atoms with Crippen LogP contribution in [0.3, 0.4) is 0 Å². The second-order valence-electron chi connectivity index (χ2n) is 5.15. The quantitative estimate of drug-likeness (QED) is 0.767. The molecule has 0 aliphatic rings. The Morgan fingerprint density at radius 3 is 2.48 bits per heavy atom. The van der Waals surface area contributed by atoms with Crippen LogP contribution in [0.25, 0.3) is 0 Å². The number of likely N-dealkylation sites (N-methyl/N-ethyl adjacent to an activating group) is 1. The third-order valence-corrected chi connectivity index (χ3v) is 5.27. The number of hydrogen-bond acceptors (Lipinski definition) is 5. The predicted octanol–water partition coefficient (Wildman–Crippen LogP) is 1.24. The minimum Gasteiger partial charge on any atom is -0.497 e. The van der Waals surface area contributed by atoms with Gasteiger partial charge in [-0.1, -0.05) is 6.92 Å². The summed E-state index contributed by atoms with van der Waals surface area (Å²) < 4.78 is 36.5. The molecule has 0 saturated heterocycles. The summed E-state index contributed by atoms with van der Waals surface area (Å²) in [6.07, 6.45) is 0.770. The zero-order valence-electron chi connectivity index (χ0n) is 14.1. The van der Waals surface area contributed by atoms with Crippen molar-refractivity contribution in [1.82, 2.24) is 9.62 Å². The highest BCUT2D eigenvalue weighted by Crippen LogP contribution is 2.29. The van der Waals surface area contributed by atoms with Crippen molar-refractivity contribution in [2.24, 2.45) is 0 Å². The van der Waals surface area contributed by atoms with E-state index >= 15 is 0 Å². The first-order chi connectivity index (χ1) is 10.8. The Morgan fingerprint density at radius 2 is 1.96 bits per heavy atom. The molecule has 8 heteroatoms. The number of carbonyl (C=O) groups is 1. The van der Waals surface area contributed by atoms with Crippen LogP contribution in [0.1, 0.15) is 20.3 Å². The molecular weight excluding hydrogens is 320 g/mol. The van der Waals surface area contributed by atoms with Crippen molar-refractivity contribution in [3.63, 3.8) is 0 Å². The van der Waals surface area contributed by atoms with E-state index in [1.54, 1.807) is 6.07 Å². The molecule has 1 rings (SSSR count). The lowest BCUT2D eigenvalue weighted by atomic mass is 10.2. The number of hydrogen-bond donors (Lipinski definition) is 1. The number of nitrogens with one attached hydrogen (secondary N) is 1. The molecule has 0 aliphatic heterocycles. The number of nitrogens with zero attached hydrogens (tertiary/aromatic N) is 1. The average molecular weight is 344 g/mol. The van der Waals surface area contributed by atoms with E-state index in [1.165, 1.54) is 33.4 Å². The maximum atomic E-state index is 12.7. The molecule has 1 atom stereocenters. The van der Waals surface area contributed by atoms with Crippen molar-refractivity contribution < 1.29 is 22.7 Å². The molecule has 0 aliphatic carbocycles. The van der Waals surface area contributed by atoms with Crippen LogP contribution in [0.4, 0.5) is 0 Å². The summed E-state index contributed by atoms with van der Waals surface area (Å²) in [4.78, 5) is 11.9. The summed E-state index contributed by atoms with van der Waals surface area (Å²) in [5, 5.41) is 2.73. The van der Waals surface area contributed by atoms with Crippen LogP contribution in [0, 0.1) is 0 Å². The minimum atomic E-state index is -3.88. The SMILES string of the molecule is CC[C@@H](C)NC(=O)CN(C)S(=O)(=O)c1cc(OC)ccc1OC. The maximum absolute atomic E-state index is 12.7. The fourth-order valence-electron chi connectivity index (χ4n) is 1.86. The van der Waals surface area contributed by atoms with E-state index in [9.17, 15) is 13.2 Å². The van der Waals surface area contributed by atoms with Crippen LogP contribution in [-0.2, 0) is 14.8 Å². The lowest BCUT2D eigenvalue weighted by Gasteiger charge is -2.20. The lowest BCUT2D eigenvalue weighted by molar-refractivity contribution is -0.121. The molecule has 0 saturated carbocycles. The first kappa shape index (κ1) is 19.2. The number of rotatable bonds is 8. The van der Waals surface area contributed by atoms with Crippen LogP contribution in [0.15, 0.2) is 23.1 Å². The van der Waals surface area contributed by atoms with Gasteiger partial charge in [-0.05, 0) is 25.5 Å². The summed E-state index contributed by atoms with van der Waals surface area (Å²) in [6, 6.07) is 4.48. The van der Waals surface area contributed by atoms with Gasteiger partial charge >= 0.3 is 0 Å². The fourth-order valence-corrected chi connectivity index (χ4v) is 3.16. The summed E-state index contributed by atoms with van der Waals surface area (Å²) in [7, 11) is 0.299. The van der Waals surface area contributed by atoms with Crippen LogP contribution in [0.5, 0.6) is 11.5 Å². The molecule has 23 heavy (non-hydrogen) atoms. The molecule has 0 unspecified atom stereocenters. The highest BCUT2D eigenvalue weighted by atomic mass is 32.2. The van der Waals surface area contributed by atoms with Gasteiger partial charge in [0, 0.05) is 19.2 Å². The lowest BCUT2D eigenvalue weighted by Crippen LogP contribution is -2.41. The van der Waals surface area contributed by atoms with Crippen LogP contribution in [-0.4, -0.2) is 52.5 Å². The highest BCUT2D eigenvalue weighted by Gasteiger charge is 2.27. The average Bonchev–Trinajstić information content (AvgIpc) is 2.53. The Morgan fingerprint density at radius 1 is 1.30 bits per heavy atom. The maximum Gasteiger partial charge on any atom is 0.247 e. The van der Waals surface area contributed by atoms with Crippen molar-refractivity contribution >= 4 is 15.9 Å². The summed E-state index contributed by atoms with van der Waals surface area (Å²) in [5.41, 5.74) is 0. The van der Waals surface area contributed by atoms with Gasteiger partial charge in [0.05, 0.1) is 20.8 Å². The molecule has 0 spiro atoms. The third-order valence-electron chi connectivity index (χ3n) is 3.45. The molecule has 0 radical (unpaired) electrons. The first-order valence-electron chi connectivity index (χ1n) is 7.24. The largest absolute Gasteiger partial charge is 0.497 e. The molecule has 1 amide bonds. The van der Waals surface area contributed by atoms with Crippen molar-refractivity contribution in [1.29, 1.82) is 0 Å². The number of benzene rings is 1. The van der Waals surface area contributed by atoms with Gasteiger partial charge in [-0.25, -0.2) is 8.42 Å². The molecule has 130 valence electrons. The smallest absolute Gasteiger partial charge is 0.247 e. The molecule has 7 nitrogen and oxygen atoms in total. The molecule has 1 N–H and O–H groups in total. The Labute approximate surface area is 137 Å². The number of ether oxygens (including phenoxy) is 2. The topological polar surface area (TPSA) is 84.9 Å². The number of amides is 1. The van der Waals surface area contributed by atoms with E-state index < -0.39 is 10.0 Å². The van der Waals surface area contributed by atoms with E-state index in [0.717, 1.165) is 10.7 Å². The van der Waals surface area contributed by atoms with Gasteiger partial charge in [0.25, 0.3) is 0 Å². The van der Waals surface area contributed by atoms with E-state index in [-0.39, 0.29) is 29.1 Å². The minimum absolute atomic E-state index is 0.00930. The molecule has 0 aromatic heterocycles. The predicted molar refractivity (Wildman–Crippen MR) is 87.3 cm³/mol. The van der Waals surface area contributed by atoms with Crippen molar-refractivity contribution in [3.8, 4) is 11.5 Å². The van der Waals surface area contributed by atoms with E-state index in [4.69, 9.17) is 9.47 Å². The van der Waals surface area contributed by atoms with E-state index in [0.29, 0.717) is 5.75 Å². The van der Waals surface area contributed by atoms with E-state index in [1.807, 2.05) is 13.8 Å². The van der Waals surface area contributed by atoms with Crippen LogP contribution >= 0.6 is 0 Å². The van der Waals surface area contributed by atoms with Crippen molar-refractivity contribution in [2.45, 2.75) is 31.2 Å². The number of sulfonamides is 1. The third kappa shape index (κ3) is 4.84. The Balaban J connectivity index is 3.04. The highest BCUT2D eigenvalue weighted by molar-refractivity contribution is 7.89. The normalized spacial score (nSPS) is 12.8. The first-order valence-corrected chi connectivity index (χ1v) is 8.68. The Bertz CT molecular complexity index is 645. The van der Waals surface area contributed by atoms with Gasteiger partial charge in [-0.3, -0.25) is 4.79 Å². The monoisotopic (exact) mass is 344 g/mol. The van der Waals surface area contributed by atoms with Gasteiger partial charge in [0.15, 0.2) is 0 Å². The molecule has 1 aromatic carbocycles. The standard InChI is InChI=1S/C15H24N2O5S/c1-6-11(2)16-15(18)10-17(3)23(19,20)14-9-12(21-4)7-8-13(14)22-5/h7-9,11H,6,10H2,1-5H3,(H,16,18)/t11-/m1/s1. The van der Waals surface area contributed by atoms with E-state index in [2.05, 4.69) is 5.32 Å². The van der Waals surface area contributed by atoms with Crippen LogP contribution < -0.4 is 14.8 Å². The summed E-state index contributed by atoms with van der Waals surface area (Å²) >= 11 is 0. The van der Waals surface area contributed by atoms with Crippen molar-refractivity contribution in [2.75, 3.05) is 27.8 Å². The van der Waals surface area contributed by atoms with Gasteiger partial charge in [-0.2, -0.15) is 4.31 Å². The number of methoxy groups -OCH3 is 2. The molecule has 0 bridgehead atoms. The zero-order chi connectivity index (χ0) is 17.6. The zero-order valence-corrected chi connectivity index (χ0v) is 14.9. The fraction of sp³-hybridized carbons (Fsp3) is 0.533. The second kappa shape index (κ2) is 8.16. The summed E-state index contributed by atoms with van der Waals surface area (Å²) in [5.74, 6) is 0.231. The Hall–Kier alpha value is -1.80. The van der Waals surface area contributed by atoms with Gasteiger partial charge in [0.1, 0.15) is 16.4 Å². The van der Waals surface area contributed by atoms with Gasteiger partial charge in [-0.15, -0.1) is 0 Å². The molecular formula is C15H24N2O5S. The summed E-state index contributed by atoms with van der Waals surface area (Å²) in [6.45, 7) is 3.52. The molecule has 0 heterocycles. The molecule has 0 fully saturated rings. The van der Waals surface area contributed by atoms with Crippen LogP contribution in [0.2, 0.25) is 0 Å². The Kier molecular flexibility index (Phi) is 6.83. The second-order valence-corrected chi connectivity index (χ2v) is 7.17. The van der Waals surface area contributed by atoms with Gasteiger partial charge < -0.3 is 14.8 Å². The van der Waals surface area contributed by atoms with Gasteiger partial charge in [0.2, 0.25) is 15.9 Å². The van der Waals surface area contributed by atoms with Crippen molar-refractivity contribution in [3.05, 3.63) is 18.2 Å². The molecule has 1 aromatic rings.